The van der Waals surface area contributed by atoms with Crippen molar-refractivity contribution in [1.29, 1.82) is 0 Å². The molecule has 5 nitrogen and oxygen atoms in total. The van der Waals surface area contributed by atoms with Crippen LogP contribution < -0.4 is 10.6 Å². The minimum Gasteiger partial charge on any atom is -0.321 e. The van der Waals surface area contributed by atoms with E-state index in [4.69, 9.17) is 23.2 Å². The van der Waals surface area contributed by atoms with Crippen LogP contribution in [0.4, 0.5) is 10.1 Å². The SMILES string of the molecule is O=C(Nc1ccc(C(=O)/C=C/c2ccc(Cl)cc2Cl)cc1)/C(=C/c1ccccc1F)NC(=O)c1ccccc1. The molecule has 2 N–H and O–H groups in total. The van der Waals surface area contributed by atoms with E-state index in [1.54, 1.807) is 84.9 Å². The van der Waals surface area contributed by atoms with Gasteiger partial charge in [-0.1, -0.05) is 65.7 Å². The summed E-state index contributed by atoms with van der Waals surface area (Å²) in [5.74, 6) is -2.01. The molecule has 4 aromatic carbocycles. The van der Waals surface area contributed by atoms with Crippen molar-refractivity contribution < 1.29 is 18.8 Å². The number of carbonyl (C=O) groups excluding carboxylic acids is 3. The summed E-state index contributed by atoms with van der Waals surface area (Å²) >= 11 is 12.0. The molecule has 4 rings (SSSR count). The molecule has 2 amide bonds. The van der Waals surface area contributed by atoms with Gasteiger partial charge >= 0.3 is 0 Å². The van der Waals surface area contributed by atoms with E-state index in [2.05, 4.69) is 10.6 Å². The smallest absolute Gasteiger partial charge is 0.272 e. The molecule has 0 spiro atoms. The average molecular weight is 559 g/mol. The van der Waals surface area contributed by atoms with Gasteiger partial charge in [0.1, 0.15) is 11.5 Å². The maximum atomic E-state index is 14.3. The van der Waals surface area contributed by atoms with Crippen molar-refractivity contribution in [1.82, 2.24) is 5.32 Å². The van der Waals surface area contributed by atoms with Crippen LogP contribution >= 0.6 is 23.2 Å². The molecule has 0 aromatic heterocycles. The first-order chi connectivity index (χ1) is 18.8. The summed E-state index contributed by atoms with van der Waals surface area (Å²) in [7, 11) is 0. The monoisotopic (exact) mass is 558 g/mol. The summed E-state index contributed by atoms with van der Waals surface area (Å²) < 4.78 is 14.3. The van der Waals surface area contributed by atoms with Gasteiger partial charge in [-0.05, 0) is 78.4 Å². The van der Waals surface area contributed by atoms with Crippen LogP contribution in [0.1, 0.15) is 31.8 Å². The molecule has 0 radical (unpaired) electrons. The second kappa shape index (κ2) is 12.8. The summed E-state index contributed by atoms with van der Waals surface area (Å²) in [6.07, 6.45) is 4.24. The Morgan fingerprint density at radius 1 is 0.744 bits per heavy atom. The molecule has 39 heavy (non-hydrogen) atoms. The molecule has 0 fully saturated rings. The Kier molecular flexibility index (Phi) is 9.05. The fourth-order valence-corrected chi connectivity index (χ4v) is 3.98. The van der Waals surface area contributed by atoms with Crippen molar-refractivity contribution >= 4 is 58.6 Å². The van der Waals surface area contributed by atoms with E-state index in [1.807, 2.05) is 0 Å². The Morgan fingerprint density at radius 2 is 1.44 bits per heavy atom. The van der Waals surface area contributed by atoms with Gasteiger partial charge in [0.25, 0.3) is 11.8 Å². The third kappa shape index (κ3) is 7.51. The molecular formula is C31H21Cl2FN2O3. The number of allylic oxidation sites excluding steroid dienone is 1. The van der Waals surface area contributed by atoms with Crippen molar-refractivity contribution in [3.8, 4) is 0 Å². The summed E-state index contributed by atoms with van der Waals surface area (Å²) in [6.45, 7) is 0. The number of hydrogen-bond acceptors (Lipinski definition) is 3. The Balaban J connectivity index is 1.50. The number of nitrogens with one attached hydrogen (secondary N) is 2. The van der Waals surface area contributed by atoms with Gasteiger partial charge in [0, 0.05) is 32.4 Å². The van der Waals surface area contributed by atoms with Crippen molar-refractivity contribution in [2.45, 2.75) is 0 Å². The van der Waals surface area contributed by atoms with Crippen LogP contribution in [0.3, 0.4) is 0 Å². The van der Waals surface area contributed by atoms with E-state index in [-0.39, 0.29) is 17.0 Å². The van der Waals surface area contributed by atoms with Crippen LogP contribution in [0.15, 0.2) is 109 Å². The topological polar surface area (TPSA) is 75.3 Å². The standard InChI is InChI=1S/C31H21Cl2FN2O3/c32-24-14-10-20(26(33)19-24)13-17-29(37)21-11-15-25(16-12-21)35-31(39)28(18-23-8-4-5-9-27(23)34)36-30(38)22-6-2-1-3-7-22/h1-19H,(H,35,39)(H,36,38)/b17-13+,28-18-. The predicted molar refractivity (Wildman–Crippen MR) is 153 cm³/mol. The number of amides is 2. The zero-order chi connectivity index (χ0) is 27.8. The van der Waals surface area contributed by atoms with Gasteiger partial charge in [-0.2, -0.15) is 0 Å². The van der Waals surface area contributed by atoms with Gasteiger partial charge in [0.15, 0.2) is 5.78 Å². The van der Waals surface area contributed by atoms with Crippen molar-refractivity contribution in [3.05, 3.63) is 147 Å². The maximum Gasteiger partial charge on any atom is 0.272 e. The van der Waals surface area contributed by atoms with Gasteiger partial charge in [0.2, 0.25) is 0 Å². The summed E-state index contributed by atoms with van der Waals surface area (Å²) in [5.41, 5.74) is 1.70. The Bertz CT molecular complexity index is 1580. The highest BCUT2D eigenvalue weighted by Gasteiger charge is 2.16. The first kappa shape index (κ1) is 27.5. The maximum absolute atomic E-state index is 14.3. The number of rotatable bonds is 8. The third-order valence-corrected chi connectivity index (χ3v) is 6.10. The van der Waals surface area contributed by atoms with E-state index < -0.39 is 17.6 Å². The lowest BCUT2D eigenvalue weighted by molar-refractivity contribution is -0.113. The fourth-order valence-electron chi connectivity index (χ4n) is 3.50. The second-order valence-corrected chi connectivity index (χ2v) is 9.14. The lowest BCUT2D eigenvalue weighted by atomic mass is 10.1. The van der Waals surface area contributed by atoms with E-state index in [0.29, 0.717) is 32.4 Å². The number of carbonyl (C=O) groups is 3. The van der Waals surface area contributed by atoms with Crippen molar-refractivity contribution in [2.75, 3.05) is 5.32 Å². The summed E-state index contributed by atoms with van der Waals surface area (Å²) in [4.78, 5) is 38.4. The highest BCUT2D eigenvalue weighted by atomic mass is 35.5. The van der Waals surface area contributed by atoms with Gasteiger partial charge < -0.3 is 10.6 Å². The average Bonchev–Trinajstić information content (AvgIpc) is 2.94. The van der Waals surface area contributed by atoms with Crippen LogP contribution in [0, 0.1) is 5.82 Å². The van der Waals surface area contributed by atoms with E-state index in [9.17, 15) is 18.8 Å². The first-order valence-corrected chi connectivity index (χ1v) is 12.5. The number of hydrogen-bond donors (Lipinski definition) is 2. The fraction of sp³-hybridized carbons (Fsp3) is 0. The molecule has 4 aromatic rings. The van der Waals surface area contributed by atoms with E-state index >= 15 is 0 Å². The lowest BCUT2D eigenvalue weighted by Gasteiger charge is -2.12. The van der Waals surface area contributed by atoms with Gasteiger partial charge in [-0.3, -0.25) is 14.4 Å². The molecule has 0 aliphatic rings. The minimum atomic E-state index is -0.668. The highest BCUT2D eigenvalue weighted by Crippen LogP contribution is 2.22. The first-order valence-electron chi connectivity index (χ1n) is 11.7. The van der Waals surface area contributed by atoms with E-state index in [1.165, 1.54) is 30.4 Å². The minimum absolute atomic E-state index is 0.129. The van der Waals surface area contributed by atoms with Crippen LogP contribution in [-0.2, 0) is 4.79 Å². The van der Waals surface area contributed by atoms with Crippen LogP contribution in [0.5, 0.6) is 0 Å². The third-order valence-electron chi connectivity index (χ3n) is 5.54. The number of ketones is 1. The van der Waals surface area contributed by atoms with Gasteiger partial charge in [0.05, 0.1) is 0 Å². The Labute approximate surface area is 234 Å². The zero-order valence-corrected chi connectivity index (χ0v) is 21.8. The number of halogens is 3. The zero-order valence-electron chi connectivity index (χ0n) is 20.3. The van der Waals surface area contributed by atoms with Crippen LogP contribution in [0.25, 0.3) is 12.2 Å². The molecule has 0 saturated carbocycles. The largest absolute Gasteiger partial charge is 0.321 e. The van der Waals surface area contributed by atoms with Crippen molar-refractivity contribution in [3.63, 3.8) is 0 Å². The number of anilines is 1. The van der Waals surface area contributed by atoms with Crippen LogP contribution in [-0.4, -0.2) is 17.6 Å². The molecule has 0 atom stereocenters. The van der Waals surface area contributed by atoms with Gasteiger partial charge in [-0.15, -0.1) is 0 Å². The van der Waals surface area contributed by atoms with E-state index in [0.717, 1.165) is 0 Å². The highest BCUT2D eigenvalue weighted by molar-refractivity contribution is 6.35. The molecule has 0 aliphatic carbocycles. The Morgan fingerprint density at radius 3 is 2.13 bits per heavy atom. The Hall–Kier alpha value is -4.52. The van der Waals surface area contributed by atoms with Crippen LogP contribution in [0.2, 0.25) is 10.0 Å². The molecule has 0 bridgehead atoms. The summed E-state index contributed by atoms with van der Waals surface area (Å²) in [5, 5.41) is 6.14. The molecule has 194 valence electrons. The molecular weight excluding hydrogens is 538 g/mol. The second-order valence-electron chi connectivity index (χ2n) is 8.29. The summed E-state index contributed by atoms with van der Waals surface area (Å²) in [6, 6.07) is 25.4. The number of benzene rings is 4. The quantitative estimate of drug-likeness (QED) is 0.174. The molecule has 0 saturated heterocycles. The van der Waals surface area contributed by atoms with Gasteiger partial charge in [-0.25, -0.2) is 4.39 Å². The molecule has 0 unspecified atom stereocenters. The molecule has 0 heterocycles. The molecule has 8 heteroatoms. The predicted octanol–water partition coefficient (Wildman–Crippen LogP) is 7.44. The normalized spacial score (nSPS) is 11.3. The lowest BCUT2D eigenvalue weighted by Crippen LogP contribution is -2.30. The molecule has 0 aliphatic heterocycles. The van der Waals surface area contributed by atoms with Crippen molar-refractivity contribution in [2.24, 2.45) is 0 Å².